The van der Waals surface area contributed by atoms with E-state index in [0.717, 1.165) is 18.6 Å². The van der Waals surface area contributed by atoms with E-state index in [1.54, 1.807) is 0 Å². The maximum atomic E-state index is 12.3. The average molecular weight is 330 g/mol. The van der Waals surface area contributed by atoms with Crippen LogP contribution in [0, 0.1) is 11.8 Å². The van der Waals surface area contributed by atoms with Gasteiger partial charge in [0, 0.05) is 12.1 Å². The Labute approximate surface area is 145 Å². The second-order valence-corrected chi connectivity index (χ2v) is 7.79. The molecule has 2 aliphatic rings. The Morgan fingerprint density at radius 2 is 1.83 bits per heavy atom. The lowest BCUT2D eigenvalue weighted by Gasteiger charge is -2.45. The fraction of sp³-hybridized carbons (Fsp3) is 0.650. The third-order valence-corrected chi connectivity index (χ3v) is 5.62. The third kappa shape index (κ3) is 4.10. The van der Waals surface area contributed by atoms with Crippen molar-refractivity contribution in [1.29, 1.82) is 0 Å². The molecule has 2 bridgehead atoms. The zero-order chi connectivity index (χ0) is 17.1. The van der Waals surface area contributed by atoms with Gasteiger partial charge in [0.1, 0.15) is 5.75 Å². The maximum absolute atomic E-state index is 12.3. The van der Waals surface area contributed by atoms with E-state index in [2.05, 4.69) is 31.3 Å². The number of rotatable bonds is 5. The summed E-state index contributed by atoms with van der Waals surface area (Å²) in [5, 5.41) is 3.22. The van der Waals surface area contributed by atoms with Gasteiger partial charge >= 0.3 is 0 Å². The summed E-state index contributed by atoms with van der Waals surface area (Å²) in [6.07, 6.45) is 5.73. The molecule has 2 atom stereocenters. The predicted molar refractivity (Wildman–Crippen MR) is 96.0 cm³/mol. The number of benzene rings is 1. The summed E-state index contributed by atoms with van der Waals surface area (Å²) in [6, 6.07) is 8.60. The number of ether oxygens (including phenoxy) is 1. The molecule has 0 radical (unpaired) electrons. The molecule has 1 amide bonds. The molecule has 2 saturated carbocycles. The van der Waals surface area contributed by atoms with Crippen molar-refractivity contribution < 1.29 is 9.53 Å². The van der Waals surface area contributed by atoms with Gasteiger partial charge in [0.15, 0.2) is 6.61 Å². The Morgan fingerprint density at radius 1 is 1.21 bits per heavy atom. The molecule has 2 unspecified atom stereocenters. The minimum atomic E-state index is -0.0136. The normalized spacial score (nSPS) is 29.3. The molecule has 4 heteroatoms. The van der Waals surface area contributed by atoms with Crippen LogP contribution in [0.1, 0.15) is 57.4 Å². The van der Waals surface area contributed by atoms with Gasteiger partial charge in [0.25, 0.3) is 5.91 Å². The van der Waals surface area contributed by atoms with Crippen molar-refractivity contribution in [1.82, 2.24) is 5.32 Å². The molecule has 2 aliphatic carbocycles. The van der Waals surface area contributed by atoms with Crippen LogP contribution >= 0.6 is 0 Å². The van der Waals surface area contributed by atoms with Crippen molar-refractivity contribution in [3.05, 3.63) is 29.8 Å². The monoisotopic (exact) mass is 330 g/mol. The first-order chi connectivity index (χ1) is 11.5. The molecular formula is C20H30N2O2. The van der Waals surface area contributed by atoms with E-state index >= 15 is 0 Å². The van der Waals surface area contributed by atoms with Crippen molar-refractivity contribution in [3.8, 4) is 5.75 Å². The van der Waals surface area contributed by atoms with Crippen LogP contribution in [0.3, 0.4) is 0 Å². The number of nitrogens with one attached hydrogen (secondary N) is 1. The quantitative estimate of drug-likeness (QED) is 0.871. The van der Waals surface area contributed by atoms with Gasteiger partial charge in [-0.1, -0.05) is 32.4 Å². The average Bonchev–Trinajstić information content (AvgIpc) is 2.54. The topological polar surface area (TPSA) is 64.3 Å². The lowest BCUT2D eigenvalue weighted by molar-refractivity contribution is -0.125. The highest BCUT2D eigenvalue weighted by atomic mass is 16.5. The van der Waals surface area contributed by atoms with Gasteiger partial charge in [-0.2, -0.15) is 0 Å². The fourth-order valence-corrected chi connectivity index (χ4v) is 4.35. The molecule has 2 fully saturated rings. The second kappa shape index (κ2) is 7.56. The Bertz CT molecular complexity index is 541. The van der Waals surface area contributed by atoms with Gasteiger partial charge in [-0.05, 0) is 61.1 Å². The van der Waals surface area contributed by atoms with Crippen molar-refractivity contribution in [2.24, 2.45) is 17.6 Å². The van der Waals surface area contributed by atoms with E-state index in [9.17, 15) is 4.79 Å². The molecule has 0 spiro atoms. The first kappa shape index (κ1) is 17.3. The van der Waals surface area contributed by atoms with Gasteiger partial charge in [-0.25, -0.2) is 0 Å². The highest BCUT2D eigenvalue weighted by Gasteiger charge is 2.39. The van der Waals surface area contributed by atoms with E-state index in [0.29, 0.717) is 23.8 Å². The van der Waals surface area contributed by atoms with E-state index in [1.807, 2.05) is 12.1 Å². The zero-order valence-electron chi connectivity index (χ0n) is 14.8. The molecular weight excluding hydrogens is 300 g/mol. The van der Waals surface area contributed by atoms with Crippen LogP contribution in [-0.4, -0.2) is 24.6 Å². The number of carbonyl (C=O) groups excluding carboxylic acids is 1. The Balaban J connectivity index is 1.50. The van der Waals surface area contributed by atoms with Crippen LogP contribution in [0.15, 0.2) is 24.3 Å². The first-order valence-corrected chi connectivity index (χ1v) is 9.30. The highest BCUT2D eigenvalue weighted by molar-refractivity contribution is 5.78. The van der Waals surface area contributed by atoms with Crippen molar-refractivity contribution >= 4 is 5.91 Å². The van der Waals surface area contributed by atoms with E-state index in [1.165, 1.54) is 24.8 Å². The van der Waals surface area contributed by atoms with Crippen LogP contribution in [-0.2, 0) is 4.79 Å². The molecule has 0 saturated heterocycles. The molecule has 3 N–H and O–H groups in total. The van der Waals surface area contributed by atoms with Crippen LogP contribution in [0.5, 0.6) is 5.75 Å². The van der Waals surface area contributed by atoms with Crippen molar-refractivity contribution in [3.63, 3.8) is 0 Å². The molecule has 1 aromatic rings. The van der Waals surface area contributed by atoms with E-state index in [4.69, 9.17) is 10.5 Å². The Kier molecular flexibility index (Phi) is 5.44. The lowest BCUT2D eigenvalue weighted by atomic mass is 9.67. The molecule has 0 aromatic heterocycles. The number of carbonyl (C=O) groups is 1. The molecule has 3 rings (SSSR count). The maximum Gasteiger partial charge on any atom is 0.258 e. The van der Waals surface area contributed by atoms with E-state index in [-0.39, 0.29) is 18.6 Å². The minimum Gasteiger partial charge on any atom is -0.484 e. The lowest BCUT2D eigenvalue weighted by Crippen LogP contribution is -2.54. The Morgan fingerprint density at radius 3 is 2.42 bits per heavy atom. The number of amides is 1. The third-order valence-electron chi connectivity index (χ3n) is 5.62. The molecule has 0 heterocycles. The van der Waals surface area contributed by atoms with Crippen LogP contribution in [0.2, 0.25) is 0 Å². The summed E-state index contributed by atoms with van der Waals surface area (Å²) in [4.78, 5) is 12.3. The van der Waals surface area contributed by atoms with Crippen LogP contribution < -0.4 is 15.8 Å². The first-order valence-electron chi connectivity index (χ1n) is 9.30. The predicted octanol–water partition coefficient (Wildman–Crippen LogP) is 3.21. The SMILES string of the molecule is CC(C)c1ccc(OCC(=O)NC2C3CCCC2CC(N)C3)cc1. The summed E-state index contributed by atoms with van der Waals surface area (Å²) < 4.78 is 5.65. The number of fused-ring (bicyclic) bond motifs is 2. The summed E-state index contributed by atoms with van der Waals surface area (Å²) >= 11 is 0. The number of hydrogen-bond acceptors (Lipinski definition) is 3. The largest absolute Gasteiger partial charge is 0.484 e. The summed E-state index contributed by atoms with van der Waals surface area (Å²) in [5.74, 6) is 2.32. The standard InChI is InChI=1S/C20H30N2O2/c1-13(2)14-6-8-18(9-7-14)24-12-19(23)22-20-15-4-3-5-16(20)11-17(21)10-15/h6-9,13,15-17,20H,3-5,10-12,21H2,1-2H3,(H,22,23). The smallest absolute Gasteiger partial charge is 0.258 e. The second-order valence-electron chi connectivity index (χ2n) is 7.79. The summed E-state index contributed by atoms with van der Waals surface area (Å²) in [6.45, 7) is 4.41. The van der Waals surface area contributed by atoms with E-state index < -0.39 is 0 Å². The Hall–Kier alpha value is -1.55. The molecule has 132 valence electrons. The number of hydrogen-bond donors (Lipinski definition) is 2. The summed E-state index contributed by atoms with van der Waals surface area (Å²) in [7, 11) is 0. The zero-order valence-corrected chi connectivity index (χ0v) is 14.8. The van der Waals surface area contributed by atoms with Gasteiger partial charge in [-0.3, -0.25) is 4.79 Å². The van der Waals surface area contributed by atoms with Gasteiger partial charge in [0.05, 0.1) is 0 Å². The van der Waals surface area contributed by atoms with Gasteiger partial charge in [0.2, 0.25) is 0 Å². The molecule has 24 heavy (non-hydrogen) atoms. The fourth-order valence-electron chi connectivity index (χ4n) is 4.35. The van der Waals surface area contributed by atoms with Crippen LogP contribution in [0.4, 0.5) is 0 Å². The van der Waals surface area contributed by atoms with Crippen molar-refractivity contribution in [2.45, 2.75) is 64.0 Å². The number of nitrogens with two attached hydrogens (primary N) is 1. The molecule has 1 aromatic carbocycles. The minimum absolute atomic E-state index is 0.0136. The van der Waals surface area contributed by atoms with Crippen LogP contribution in [0.25, 0.3) is 0 Å². The molecule has 4 nitrogen and oxygen atoms in total. The molecule has 0 aliphatic heterocycles. The van der Waals surface area contributed by atoms with Gasteiger partial charge < -0.3 is 15.8 Å². The summed E-state index contributed by atoms with van der Waals surface area (Å²) in [5.41, 5.74) is 7.42. The van der Waals surface area contributed by atoms with Crippen molar-refractivity contribution in [2.75, 3.05) is 6.61 Å². The van der Waals surface area contributed by atoms with Gasteiger partial charge in [-0.15, -0.1) is 0 Å². The highest BCUT2D eigenvalue weighted by Crippen LogP contribution is 2.39.